The number of nitrogens with one attached hydrogen (secondary N) is 2. The lowest BCUT2D eigenvalue weighted by Gasteiger charge is -2.05. The zero-order valence-corrected chi connectivity index (χ0v) is 12.4. The first-order chi connectivity index (χ1) is 10.8. The highest BCUT2D eigenvalue weighted by molar-refractivity contribution is 6.06. The largest absolute Gasteiger partial charge is 0.497 e. The van der Waals surface area contributed by atoms with Crippen LogP contribution in [0, 0.1) is 0 Å². The van der Waals surface area contributed by atoms with E-state index in [-0.39, 0.29) is 5.91 Å². The highest BCUT2D eigenvalue weighted by atomic mass is 16.5. The van der Waals surface area contributed by atoms with Crippen molar-refractivity contribution >= 4 is 16.8 Å². The van der Waals surface area contributed by atoms with Crippen LogP contribution in [-0.4, -0.2) is 24.5 Å². The van der Waals surface area contributed by atoms with Gasteiger partial charge in [-0.1, -0.05) is 30.3 Å². The summed E-state index contributed by atoms with van der Waals surface area (Å²) in [5.41, 5.74) is 2.77. The summed E-state index contributed by atoms with van der Waals surface area (Å²) in [6.07, 6.45) is 2.56. The molecule has 0 unspecified atom stereocenters. The molecule has 0 saturated heterocycles. The number of methoxy groups -OCH3 is 1. The second-order valence-electron chi connectivity index (χ2n) is 5.11. The Balaban J connectivity index is 1.67. The summed E-state index contributed by atoms with van der Waals surface area (Å²) in [4.78, 5) is 15.4. The fourth-order valence-corrected chi connectivity index (χ4v) is 2.48. The van der Waals surface area contributed by atoms with Crippen LogP contribution in [0.4, 0.5) is 0 Å². The number of carbonyl (C=O) groups is 1. The van der Waals surface area contributed by atoms with Crippen LogP contribution in [0.15, 0.2) is 54.7 Å². The minimum atomic E-state index is -0.0626. The van der Waals surface area contributed by atoms with Crippen LogP contribution in [0.3, 0.4) is 0 Å². The van der Waals surface area contributed by atoms with E-state index in [9.17, 15) is 4.79 Å². The first kappa shape index (κ1) is 14.2. The molecule has 2 aromatic carbocycles. The molecule has 112 valence electrons. The molecular formula is C18H18N2O2. The first-order valence-electron chi connectivity index (χ1n) is 7.25. The van der Waals surface area contributed by atoms with Gasteiger partial charge >= 0.3 is 0 Å². The third kappa shape index (κ3) is 2.96. The molecule has 1 heterocycles. The SMILES string of the molecule is COc1ccc2c(C(=O)NCCc3ccccc3)c[nH]c2c1. The Bertz CT molecular complexity index is 778. The predicted octanol–water partition coefficient (Wildman–Crippen LogP) is 3.15. The molecule has 0 aliphatic carbocycles. The molecule has 0 spiro atoms. The Morgan fingerprint density at radius 1 is 1.18 bits per heavy atom. The standard InChI is InChI=1S/C18H18N2O2/c1-22-14-7-8-15-16(12-20-17(15)11-14)18(21)19-10-9-13-5-3-2-4-6-13/h2-8,11-12,20H,9-10H2,1H3,(H,19,21). The van der Waals surface area contributed by atoms with Crippen LogP contribution in [0.2, 0.25) is 0 Å². The van der Waals surface area contributed by atoms with Crippen molar-refractivity contribution in [3.63, 3.8) is 0 Å². The van der Waals surface area contributed by atoms with Gasteiger partial charge in [0.05, 0.1) is 12.7 Å². The molecule has 0 aliphatic rings. The van der Waals surface area contributed by atoms with Crippen molar-refractivity contribution in [2.75, 3.05) is 13.7 Å². The number of fused-ring (bicyclic) bond motifs is 1. The Morgan fingerprint density at radius 3 is 2.77 bits per heavy atom. The van der Waals surface area contributed by atoms with E-state index in [0.29, 0.717) is 12.1 Å². The van der Waals surface area contributed by atoms with Crippen molar-refractivity contribution in [3.05, 3.63) is 65.9 Å². The number of rotatable bonds is 5. The van der Waals surface area contributed by atoms with E-state index in [1.165, 1.54) is 5.56 Å². The van der Waals surface area contributed by atoms with Crippen molar-refractivity contribution in [3.8, 4) is 5.75 Å². The zero-order chi connectivity index (χ0) is 15.4. The average molecular weight is 294 g/mol. The van der Waals surface area contributed by atoms with E-state index in [0.717, 1.165) is 23.1 Å². The lowest BCUT2D eigenvalue weighted by molar-refractivity contribution is 0.0956. The second-order valence-corrected chi connectivity index (χ2v) is 5.11. The van der Waals surface area contributed by atoms with E-state index in [2.05, 4.69) is 22.4 Å². The number of hydrogen-bond acceptors (Lipinski definition) is 2. The van der Waals surface area contributed by atoms with Gasteiger partial charge in [0.25, 0.3) is 5.91 Å². The van der Waals surface area contributed by atoms with Crippen molar-refractivity contribution in [2.45, 2.75) is 6.42 Å². The van der Waals surface area contributed by atoms with Crippen molar-refractivity contribution in [1.29, 1.82) is 0 Å². The van der Waals surface area contributed by atoms with E-state index >= 15 is 0 Å². The van der Waals surface area contributed by atoms with Crippen LogP contribution in [0.1, 0.15) is 15.9 Å². The summed E-state index contributed by atoms with van der Waals surface area (Å²) in [5, 5.41) is 3.87. The lowest BCUT2D eigenvalue weighted by atomic mass is 10.1. The fraction of sp³-hybridized carbons (Fsp3) is 0.167. The molecule has 3 rings (SSSR count). The van der Waals surface area contributed by atoms with Gasteiger partial charge in [-0.15, -0.1) is 0 Å². The maximum absolute atomic E-state index is 12.3. The Morgan fingerprint density at radius 2 is 2.00 bits per heavy atom. The third-order valence-corrected chi connectivity index (χ3v) is 3.68. The van der Waals surface area contributed by atoms with Gasteiger partial charge < -0.3 is 15.0 Å². The number of aromatic amines is 1. The van der Waals surface area contributed by atoms with E-state index < -0.39 is 0 Å². The van der Waals surface area contributed by atoms with Crippen LogP contribution in [0.25, 0.3) is 10.9 Å². The molecular weight excluding hydrogens is 276 g/mol. The van der Waals surface area contributed by atoms with Crippen LogP contribution in [-0.2, 0) is 6.42 Å². The number of aromatic nitrogens is 1. The number of amides is 1. The summed E-state index contributed by atoms with van der Waals surface area (Å²) < 4.78 is 5.19. The van der Waals surface area contributed by atoms with E-state index in [4.69, 9.17) is 4.74 Å². The van der Waals surface area contributed by atoms with Crippen molar-refractivity contribution in [1.82, 2.24) is 10.3 Å². The van der Waals surface area contributed by atoms with Crippen molar-refractivity contribution < 1.29 is 9.53 Å². The molecule has 1 aromatic heterocycles. The molecule has 4 heteroatoms. The fourth-order valence-electron chi connectivity index (χ4n) is 2.48. The van der Waals surface area contributed by atoms with Gasteiger partial charge in [0.1, 0.15) is 5.75 Å². The molecule has 0 atom stereocenters. The van der Waals surface area contributed by atoms with E-state index in [1.54, 1.807) is 13.3 Å². The normalized spacial score (nSPS) is 10.6. The minimum Gasteiger partial charge on any atom is -0.497 e. The summed E-state index contributed by atoms with van der Waals surface area (Å²) >= 11 is 0. The topological polar surface area (TPSA) is 54.1 Å². The minimum absolute atomic E-state index is 0.0626. The highest BCUT2D eigenvalue weighted by Crippen LogP contribution is 2.23. The molecule has 22 heavy (non-hydrogen) atoms. The van der Waals surface area contributed by atoms with Gasteiger partial charge in [-0.2, -0.15) is 0 Å². The Kier molecular flexibility index (Phi) is 4.10. The monoisotopic (exact) mass is 294 g/mol. The molecule has 4 nitrogen and oxygen atoms in total. The molecule has 0 saturated carbocycles. The number of hydrogen-bond donors (Lipinski definition) is 2. The molecule has 3 aromatic rings. The molecule has 1 amide bonds. The van der Waals surface area contributed by atoms with Crippen molar-refractivity contribution in [2.24, 2.45) is 0 Å². The maximum atomic E-state index is 12.3. The molecule has 0 bridgehead atoms. The highest BCUT2D eigenvalue weighted by Gasteiger charge is 2.11. The second kappa shape index (κ2) is 6.35. The number of H-pyrrole nitrogens is 1. The average Bonchev–Trinajstić information content (AvgIpc) is 2.98. The third-order valence-electron chi connectivity index (χ3n) is 3.68. The molecule has 0 fully saturated rings. The van der Waals surface area contributed by atoms with Gasteiger partial charge in [-0.25, -0.2) is 0 Å². The molecule has 2 N–H and O–H groups in total. The molecule has 0 radical (unpaired) electrons. The quantitative estimate of drug-likeness (QED) is 0.759. The van der Waals surface area contributed by atoms with Gasteiger partial charge in [0, 0.05) is 29.7 Å². The summed E-state index contributed by atoms with van der Waals surface area (Å²) in [7, 11) is 1.63. The zero-order valence-electron chi connectivity index (χ0n) is 12.4. The first-order valence-corrected chi connectivity index (χ1v) is 7.25. The number of carbonyl (C=O) groups excluding carboxylic acids is 1. The van der Waals surface area contributed by atoms with Gasteiger partial charge in [0.2, 0.25) is 0 Å². The predicted molar refractivity (Wildman–Crippen MR) is 87.3 cm³/mol. The Hall–Kier alpha value is -2.75. The van der Waals surface area contributed by atoms with Crippen LogP contribution in [0.5, 0.6) is 5.75 Å². The maximum Gasteiger partial charge on any atom is 0.253 e. The van der Waals surface area contributed by atoms with Gasteiger partial charge in [-0.3, -0.25) is 4.79 Å². The smallest absolute Gasteiger partial charge is 0.253 e. The number of ether oxygens (including phenoxy) is 1. The lowest BCUT2D eigenvalue weighted by Crippen LogP contribution is -2.25. The van der Waals surface area contributed by atoms with Crippen LogP contribution < -0.4 is 10.1 Å². The Labute approximate surface area is 129 Å². The number of benzene rings is 2. The van der Waals surface area contributed by atoms with E-state index in [1.807, 2.05) is 36.4 Å². The summed E-state index contributed by atoms with van der Waals surface area (Å²) in [5.74, 6) is 0.706. The summed E-state index contributed by atoms with van der Waals surface area (Å²) in [6, 6.07) is 15.8. The summed E-state index contributed by atoms with van der Waals surface area (Å²) in [6.45, 7) is 0.617. The van der Waals surface area contributed by atoms with Gasteiger partial charge in [0.15, 0.2) is 0 Å². The van der Waals surface area contributed by atoms with Gasteiger partial charge in [-0.05, 0) is 24.1 Å². The molecule has 0 aliphatic heterocycles. The van der Waals surface area contributed by atoms with Crippen LogP contribution >= 0.6 is 0 Å².